The van der Waals surface area contributed by atoms with Gasteiger partial charge in [0.15, 0.2) is 5.54 Å². The zero-order valence-electron chi connectivity index (χ0n) is 13.6. The molecule has 6 nitrogen and oxygen atoms in total. The number of amides is 1. The number of nitrogens with zero attached hydrogens (tertiary/aromatic N) is 1. The van der Waals surface area contributed by atoms with E-state index < -0.39 is 11.5 Å². The molecule has 1 heterocycles. The second-order valence-electron chi connectivity index (χ2n) is 5.73. The van der Waals surface area contributed by atoms with Gasteiger partial charge in [-0.25, -0.2) is 4.79 Å². The SMILES string of the molecule is COCC1(C(=O)O)CCCN1C(=O)CCc1ccccc1OC. The molecule has 23 heavy (non-hydrogen) atoms. The second kappa shape index (κ2) is 7.46. The maximum atomic E-state index is 12.6. The predicted octanol–water partition coefficient (Wildman–Crippen LogP) is 1.72. The maximum absolute atomic E-state index is 12.6. The molecule has 1 N–H and O–H groups in total. The van der Waals surface area contributed by atoms with Crippen LogP contribution in [0.4, 0.5) is 0 Å². The molecule has 0 aliphatic carbocycles. The number of benzene rings is 1. The standard InChI is InChI=1S/C17H23NO5/c1-22-12-17(16(20)21)10-5-11-18(17)15(19)9-8-13-6-3-4-7-14(13)23-2/h3-4,6-7H,5,8-12H2,1-2H3,(H,20,21). The van der Waals surface area contributed by atoms with Gasteiger partial charge in [0.2, 0.25) is 5.91 Å². The molecule has 1 aromatic rings. The van der Waals surface area contributed by atoms with Crippen LogP contribution in [0.25, 0.3) is 0 Å². The van der Waals surface area contributed by atoms with Crippen molar-refractivity contribution in [3.63, 3.8) is 0 Å². The van der Waals surface area contributed by atoms with Crippen LogP contribution in [0.5, 0.6) is 5.75 Å². The Kier molecular flexibility index (Phi) is 5.60. The van der Waals surface area contributed by atoms with Crippen LogP contribution < -0.4 is 4.74 Å². The number of hydrogen-bond donors (Lipinski definition) is 1. The molecule has 2 rings (SSSR count). The smallest absolute Gasteiger partial charge is 0.332 e. The Labute approximate surface area is 136 Å². The average molecular weight is 321 g/mol. The third-order valence-corrected chi connectivity index (χ3v) is 4.37. The van der Waals surface area contributed by atoms with E-state index in [1.165, 1.54) is 12.0 Å². The van der Waals surface area contributed by atoms with E-state index in [9.17, 15) is 14.7 Å². The topological polar surface area (TPSA) is 76.1 Å². The third kappa shape index (κ3) is 3.47. The monoisotopic (exact) mass is 321 g/mol. The summed E-state index contributed by atoms with van der Waals surface area (Å²) in [5.41, 5.74) is -0.290. The predicted molar refractivity (Wildman–Crippen MR) is 84.5 cm³/mol. The van der Waals surface area contributed by atoms with Gasteiger partial charge in [0, 0.05) is 20.1 Å². The Balaban J connectivity index is 2.09. The number of carboxylic acids is 1. The van der Waals surface area contributed by atoms with Gasteiger partial charge in [-0.1, -0.05) is 18.2 Å². The lowest BCUT2D eigenvalue weighted by Crippen LogP contribution is -2.56. The molecular weight excluding hydrogens is 298 g/mol. The Morgan fingerprint density at radius 2 is 2.04 bits per heavy atom. The molecule has 1 aliphatic rings. The molecule has 6 heteroatoms. The minimum absolute atomic E-state index is 0.0166. The van der Waals surface area contributed by atoms with Gasteiger partial charge in [-0.2, -0.15) is 0 Å². The van der Waals surface area contributed by atoms with Gasteiger partial charge in [0.05, 0.1) is 13.7 Å². The summed E-state index contributed by atoms with van der Waals surface area (Å²) in [5, 5.41) is 9.59. The molecule has 1 fully saturated rings. The van der Waals surface area contributed by atoms with Crippen molar-refractivity contribution < 1.29 is 24.2 Å². The number of hydrogen-bond acceptors (Lipinski definition) is 4. The number of ether oxygens (including phenoxy) is 2. The van der Waals surface area contributed by atoms with E-state index in [2.05, 4.69) is 0 Å². The van der Waals surface area contributed by atoms with Gasteiger partial charge in [-0.05, 0) is 30.9 Å². The zero-order chi connectivity index (χ0) is 16.9. The summed E-state index contributed by atoms with van der Waals surface area (Å²) in [4.78, 5) is 25.8. The van der Waals surface area contributed by atoms with E-state index in [0.717, 1.165) is 11.3 Å². The molecule has 1 unspecified atom stereocenters. The Bertz CT molecular complexity index is 574. The highest BCUT2D eigenvalue weighted by molar-refractivity contribution is 5.88. The third-order valence-electron chi connectivity index (χ3n) is 4.37. The first-order chi connectivity index (χ1) is 11.0. The highest BCUT2D eigenvalue weighted by Gasteiger charge is 2.49. The molecular formula is C17H23NO5. The van der Waals surface area contributed by atoms with Crippen LogP contribution in [-0.2, 0) is 20.7 Å². The number of carbonyl (C=O) groups excluding carboxylic acids is 1. The minimum Gasteiger partial charge on any atom is -0.496 e. The number of methoxy groups -OCH3 is 2. The Morgan fingerprint density at radius 3 is 2.70 bits per heavy atom. The summed E-state index contributed by atoms with van der Waals surface area (Å²) in [7, 11) is 3.05. The molecule has 0 spiro atoms. The van der Waals surface area contributed by atoms with Gasteiger partial charge < -0.3 is 19.5 Å². The van der Waals surface area contributed by atoms with E-state index >= 15 is 0 Å². The van der Waals surface area contributed by atoms with Crippen LogP contribution in [0.15, 0.2) is 24.3 Å². The largest absolute Gasteiger partial charge is 0.496 e. The fraction of sp³-hybridized carbons (Fsp3) is 0.529. The molecule has 126 valence electrons. The first-order valence-electron chi connectivity index (χ1n) is 7.70. The average Bonchev–Trinajstić information content (AvgIpc) is 2.98. The maximum Gasteiger partial charge on any atom is 0.332 e. The van der Waals surface area contributed by atoms with Crippen LogP contribution in [0.3, 0.4) is 0 Å². The quantitative estimate of drug-likeness (QED) is 0.827. The fourth-order valence-corrected chi connectivity index (χ4v) is 3.20. The Morgan fingerprint density at radius 1 is 1.30 bits per heavy atom. The summed E-state index contributed by atoms with van der Waals surface area (Å²) in [5.74, 6) is -0.418. The van der Waals surface area contributed by atoms with Gasteiger partial charge in [0.1, 0.15) is 5.75 Å². The number of rotatable bonds is 7. The molecule has 1 saturated heterocycles. The van der Waals surface area contributed by atoms with Crippen molar-refractivity contribution in [1.82, 2.24) is 4.90 Å². The summed E-state index contributed by atoms with van der Waals surface area (Å²) in [6.07, 6.45) is 1.87. The van der Waals surface area contributed by atoms with Crippen molar-refractivity contribution in [2.24, 2.45) is 0 Å². The number of aryl methyl sites for hydroxylation is 1. The normalized spacial score (nSPS) is 20.5. The lowest BCUT2D eigenvalue weighted by molar-refractivity contribution is -0.160. The van der Waals surface area contributed by atoms with E-state index in [1.54, 1.807) is 7.11 Å². The molecule has 0 bridgehead atoms. The Hall–Kier alpha value is -2.08. The van der Waals surface area contributed by atoms with Gasteiger partial charge in [0.25, 0.3) is 0 Å². The summed E-state index contributed by atoms with van der Waals surface area (Å²) in [6.45, 7) is 0.475. The van der Waals surface area contributed by atoms with Crippen LogP contribution in [0.1, 0.15) is 24.8 Å². The molecule has 1 aromatic carbocycles. The van der Waals surface area contributed by atoms with Crippen molar-refractivity contribution >= 4 is 11.9 Å². The van der Waals surface area contributed by atoms with Crippen LogP contribution in [0, 0.1) is 0 Å². The first kappa shape index (κ1) is 17.3. The number of carbonyl (C=O) groups is 2. The van der Waals surface area contributed by atoms with Crippen molar-refractivity contribution in [2.45, 2.75) is 31.2 Å². The lowest BCUT2D eigenvalue weighted by atomic mass is 9.96. The highest BCUT2D eigenvalue weighted by Crippen LogP contribution is 2.31. The number of aliphatic carboxylic acids is 1. The summed E-state index contributed by atoms with van der Waals surface area (Å²) in [6, 6.07) is 7.53. The van der Waals surface area contributed by atoms with Crippen LogP contribution >= 0.6 is 0 Å². The van der Waals surface area contributed by atoms with Crippen LogP contribution in [-0.4, -0.2) is 54.8 Å². The van der Waals surface area contributed by atoms with E-state index in [4.69, 9.17) is 9.47 Å². The number of carboxylic acid groups (broad SMARTS) is 1. The van der Waals surface area contributed by atoms with Crippen LogP contribution in [0.2, 0.25) is 0 Å². The minimum atomic E-state index is -1.23. The van der Waals surface area contributed by atoms with Crippen molar-refractivity contribution in [1.29, 1.82) is 0 Å². The van der Waals surface area contributed by atoms with E-state index in [0.29, 0.717) is 25.8 Å². The molecule has 1 amide bonds. The van der Waals surface area contributed by atoms with Gasteiger partial charge in [-0.15, -0.1) is 0 Å². The first-order valence-corrected chi connectivity index (χ1v) is 7.70. The molecule has 1 atom stereocenters. The molecule has 1 aliphatic heterocycles. The number of likely N-dealkylation sites (tertiary alicyclic amines) is 1. The molecule has 0 aromatic heterocycles. The second-order valence-corrected chi connectivity index (χ2v) is 5.73. The highest BCUT2D eigenvalue weighted by atomic mass is 16.5. The zero-order valence-corrected chi connectivity index (χ0v) is 13.6. The van der Waals surface area contributed by atoms with Gasteiger partial charge >= 0.3 is 5.97 Å². The molecule has 0 radical (unpaired) electrons. The van der Waals surface area contributed by atoms with E-state index in [-0.39, 0.29) is 18.9 Å². The summed E-state index contributed by atoms with van der Waals surface area (Å²) >= 11 is 0. The van der Waals surface area contributed by atoms with Crippen molar-refractivity contribution in [3.05, 3.63) is 29.8 Å². The number of para-hydroxylation sites is 1. The summed E-state index contributed by atoms with van der Waals surface area (Å²) < 4.78 is 10.4. The van der Waals surface area contributed by atoms with E-state index in [1.807, 2.05) is 24.3 Å². The van der Waals surface area contributed by atoms with Gasteiger partial charge in [-0.3, -0.25) is 4.79 Å². The molecule has 0 saturated carbocycles. The van der Waals surface area contributed by atoms with Crippen molar-refractivity contribution in [2.75, 3.05) is 27.4 Å². The fourth-order valence-electron chi connectivity index (χ4n) is 3.20. The van der Waals surface area contributed by atoms with Crippen molar-refractivity contribution in [3.8, 4) is 5.75 Å². The lowest BCUT2D eigenvalue weighted by Gasteiger charge is -2.34.